The Labute approximate surface area is 147 Å². The van der Waals surface area contributed by atoms with Crippen molar-refractivity contribution in [1.82, 2.24) is 20.1 Å². The maximum Gasteiger partial charge on any atom is 0.244 e. The number of aryl methyl sites for hydroxylation is 2. The lowest BCUT2D eigenvalue weighted by molar-refractivity contribution is -0.116. The molecule has 0 spiro atoms. The lowest BCUT2D eigenvalue weighted by Crippen LogP contribution is -2.21. The van der Waals surface area contributed by atoms with Crippen LogP contribution in [-0.2, 0) is 18.4 Å². The second kappa shape index (κ2) is 7.97. The fourth-order valence-electron chi connectivity index (χ4n) is 2.18. The normalized spacial score (nSPS) is 11.0. The number of carbonyl (C=O) groups excluding carboxylic acids is 1. The van der Waals surface area contributed by atoms with Crippen LogP contribution in [0.3, 0.4) is 0 Å². The molecule has 2 heterocycles. The van der Waals surface area contributed by atoms with Crippen LogP contribution in [0.1, 0.15) is 23.7 Å². The van der Waals surface area contributed by atoms with E-state index in [0.717, 1.165) is 29.2 Å². The van der Waals surface area contributed by atoms with Gasteiger partial charge in [-0.05, 0) is 37.6 Å². The summed E-state index contributed by atoms with van der Waals surface area (Å²) in [6.45, 7) is 5.23. The van der Waals surface area contributed by atoms with E-state index in [1.54, 1.807) is 24.0 Å². The highest BCUT2D eigenvalue weighted by molar-refractivity contribution is 6.31. The molecule has 1 N–H and O–H groups in total. The Bertz CT molecular complexity index is 753. The van der Waals surface area contributed by atoms with Gasteiger partial charge in [0.1, 0.15) is 11.0 Å². The molecule has 0 aliphatic rings. The van der Waals surface area contributed by atoms with Crippen LogP contribution in [0.2, 0.25) is 5.15 Å². The third-order valence-electron chi connectivity index (χ3n) is 3.74. The molecule has 0 saturated heterocycles. The van der Waals surface area contributed by atoms with Gasteiger partial charge in [-0.1, -0.05) is 11.6 Å². The van der Waals surface area contributed by atoms with Crippen molar-refractivity contribution >= 4 is 29.4 Å². The molecule has 6 nitrogen and oxygen atoms in total. The maximum atomic E-state index is 12.0. The molecular weight excluding hydrogens is 326 g/mol. The number of nitrogens with one attached hydrogen (secondary N) is 1. The SMILES string of the molecule is CCN(C)c1cc(CNC(=O)C=Cc2c(C)nn(C)c2Cl)ccn1. The number of amides is 1. The minimum absolute atomic E-state index is 0.184. The van der Waals surface area contributed by atoms with Gasteiger partial charge in [-0.2, -0.15) is 5.10 Å². The van der Waals surface area contributed by atoms with Gasteiger partial charge in [-0.25, -0.2) is 4.98 Å². The summed E-state index contributed by atoms with van der Waals surface area (Å²) in [4.78, 5) is 18.4. The van der Waals surface area contributed by atoms with Crippen LogP contribution in [-0.4, -0.2) is 34.3 Å². The molecule has 0 unspecified atom stereocenters. The minimum Gasteiger partial charge on any atom is -0.360 e. The van der Waals surface area contributed by atoms with E-state index >= 15 is 0 Å². The molecule has 2 rings (SSSR count). The molecule has 0 aliphatic heterocycles. The number of carbonyl (C=O) groups is 1. The van der Waals surface area contributed by atoms with Gasteiger partial charge < -0.3 is 10.2 Å². The van der Waals surface area contributed by atoms with Crippen LogP contribution >= 0.6 is 11.6 Å². The summed E-state index contributed by atoms with van der Waals surface area (Å²) >= 11 is 6.14. The minimum atomic E-state index is -0.184. The fraction of sp³-hybridized carbons (Fsp3) is 0.353. The molecule has 2 aromatic rings. The van der Waals surface area contributed by atoms with Gasteiger partial charge in [0.25, 0.3) is 0 Å². The highest BCUT2D eigenvalue weighted by atomic mass is 35.5. The van der Waals surface area contributed by atoms with Crippen LogP contribution in [0.25, 0.3) is 6.08 Å². The van der Waals surface area contributed by atoms with Crippen LogP contribution in [0.4, 0.5) is 5.82 Å². The molecule has 0 aliphatic carbocycles. The van der Waals surface area contributed by atoms with E-state index in [-0.39, 0.29) is 5.91 Å². The zero-order valence-electron chi connectivity index (χ0n) is 14.4. The predicted molar refractivity (Wildman–Crippen MR) is 97.0 cm³/mol. The number of hydrogen-bond acceptors (Lipinski definition) is 4. The Morgan fingerprint density at radius 2 is 2.25 bits per heavy atom. The van der Waals surface area contributed by atoms with Crippen molar-refractivity contribution in [3.05, 3.63) is 46.4 Å². The summed E-state index contributed by atoms with van der Waals surface area (Å²) in [5, 5.41) is 7.58. The third-order valence-corrected chi connectivity index (χ3v) is 4.19. The highest BCUT2D eigenvalue weighted by Crippen LogP contribution is 2.19. The first kappa shape index (κ1) is 18.0. The molecule has 7 heteroatoms. The van der Waals surface area contributed by atoms with Crippen LogP contribution in [0.5, 0.6) is 0 Å². The number of halogens is 1. The van der Waals surface area contributed by atoms with Crippen LogP contribution in [0, 0.1) is 6.92 Å². The van der Waals surface area contributed by atoms with Gasteiger partial charge in [0.15, 0.2) is 0 Å². The topological polar surface area (TPSA) is 63.1 Å². The fourth-order valence-corrected chi connectivity index (χ4v) is 2.42. The van der Waals surface area contributed by atoms with Gasteiger partial charge in [0.05, 0.1) is 5.69 Å². The summed E-state index contributed by atoms with van der Waals surface area (Å²) in [5.74, 6) is 0.703. The molecule has 128 valence electrons. The number of aromatic nitrogens is 3. The van der Waals surface area contributed by atoms with E-state index in [0.29, 0.717) is 11.7 Å². The van der Waals surface area contributed by atoms with Gasteiger partial charge >= 0.3 is 0 Å². The van der Waals surface area contributed by atoms with E-state index < -0.39 is 0 Å². The average molecular weight is 348 g/mol. The summed E-state index contributed by atoms with van der Waals surface area (Å²) in [6, 6.07) is 3.86. The summed E-state index contributed by atoms with van der Waals surface area (Å²) in [5.41, 5.74) is 2.54. The molecule has 0 aromatic carbocycles. The van der Waals surface area contributed by atoms with Crippen molar-refractivity contribution in [3.8, 4) is 0 Å². The Kier molecular flexibility index (Phi) is 5.98. The first-order valence-corrected chi connectivity index (χ1v) is 8.11. The third kappa shape index (κ3) is 4.35. The quantitative estimate of drug-likeness (QED) is 0.816. The maximum absolute atomic E-state index is 12.0. The zero-order valence-corrected chi connectivity index (χ0v) is 15.1. The van der Waals surface area contributed by atoms with Crippen LogP contribution in [0.15, 0.2) is 24.4 Å². The van der Waals surface area contributed by atoms with Crippen molar-refractivity contribution in [2.75, 3.05) is 18.5 Å². The lowest BCUT2D eigenvalue weighted by Gasteiger charge is -2.16. The Morgan fingerprint density at radius 3 is 2.88 bits per heavy atom. The second-order valence-corrected chi connectivity index (χ2v) is 5.86. The number of hydrogen-bond donors (Lipinski definition) is 1. The predicted octanol–water partition coefficient (Wildman–Crippen LogP) is 2.56. The van der Waals surface area contributed by atoms with E-state index in [1.807, 2.05) is 31.0 Å². The summed E-state index contributed by atoms with van der Waals surface area (Å²) in [6.07, 6.45) is 4.90. The molecule has 0 fully saturated rings. The van der Waals surface area contributed by atoms with E-state index in [9.17, 15) is 4.79 Å². The Hall–Kier alpha value is -2.34. The molecule has 0 saturated carbocycles. The van der Waals surface area contributed by atoms with Crippen molar-refractivity contribution < 1.29 is 4.79 Å². The van der Waals surface area contributed by atoms with E-state index in [2.05, 4.69) is 22.3 Å². The van der Waals surface area contributed by atoms with Crippen molar-refractivity contribution in [1.29, 1.82) is 0 Å². The Morgan fingerprint density at radius 1 is 1.50 bits per heavy atom. The van der Waals surface area contributed by atoms with Crippen molar-refractivity contribution in [3.63, 3.8) is 0 Å². The van der Waals surface area contributed by atoms with Crippen molar-refractivity contribution in [2.45, 2.75) is 20.4 Å². The highest BCUT2D eigenvalue weighted by Gasteiger charge is 2.08. The molecule has 24 heavy (non-hydrogen) atoms. The average Bonchev–Trinajstić information content (AvgIpc) is 2.83. The molecule has 0 atom stereocenters. The van der Waals surface area contributed by atoms with Gasteiger partial charge in [0, 0.05) is 45.0 Å². The van der Waals surface area contributed by atoms with Crippen LogP contribution < -0.4 is 10.2 Å². The number of rotatable bonds is 6. The first-order valence-electron chi connectivity index (χ1n) is 7.73. The zero-order chi connectivity index (χ0) is 17.7. The molecule has 0 bridgehead atoms. The first-order chi connectivity index (χ1) is 11.4. The molecular formula is C17H22ClN5O. The Balaban J connectivity index is 1.97. The number of pyridine rings is 1. The standard InChI is InChI=1S/C17H22ClN5O/c1-5-22(3)15-10-13(8-9-19-15)11-20-16(24)7-6-14-12(2)21-23(4)17(14)18/h6-10H,5,11H2,1-4H3,(H,20,24). The number of anilines is 1. The van der Waals surface area contributed by atoms with Gasteiger partial charge in [-0.15, -0.1) is 0 Å². The summed E-state index contributed by atoms with van der Waals surface area (Å²) in [7, 11) is 3.74. The monoisotopic (exact) mass is 347 g/mol. The lowest BCUT2D eigenvalue weighted by atomic mass is 10.2. The van der Waals surface area contributed by atoms with Gasteiger partial charge in [-0.3, -0.25) is 9.48 Å². The number of nitrogens with zero attached hydrogens (tertiary/aromatic N) is 4. The van der Waals surface area contributed by atoms with E-state index in [1.165, 1.54) is 6.08 Å². The largest absolute Gasteiger partial charge is 0.360 e. The van der Waals surface area contributed by atoms with Gasteiger partial charge in [0.2, 0.25) is 5.91 Å². The van der Waals surface area contributed by atoms with E-state index in [4.69, 9.17) is 11.6 Å². The second-order valence-electron chi connectivity index (χ2n) is 5.50. The smallest absolute Gasteiger partial charge is 0.244 e. The molecule has 2 aromatic heterocycles. The molecule has 1 amide bonds. The van der Waals surface area contributed by atoms with Crippen molar-refractivity contribution in [2.24, 2.45) is 7.05 Å². The molecule has 0 radical (unpaired) electrons. The summed E-state index contributed by atoms with van der Waals surface area (Å²) < 4.78 is 1.58.